The third kappa shape index (κ3) is 3.65. The molecule has 1 fully saturated rings. The number of benzene rings is 1. The van der Waals surface area contributed by atoms with Crippen molar-refractivity contribution in [2.24, 2.45) is 0 Å². The molecule has 0 spiro atoms. The molecule has 0 amide bonds. The van der Waals surface area contributed by atoms with Crippen LogP contribution in [0.1, 0.15) is 32.3 Å². The molecule has 1 saturated heterocycles. The molecule has 6 heteroatoms. The van der Waals surface area contributed by atoms with E-state index in [1.54, 1.807) is 0 Å². The van der Waals surface area contributed by atoms with Crippen LogP contribution >= 0.6 is 0 Å². The normalized spacial score (nSPS) is 15.9. The lowest BCUT2D eigenvalue weighted by molar-refractivity contribution is -0.120. The van der Waals surface area contributed by atoms with E-state index in [2.05, 4.69) is 0 Å². The Kier molecular flexibility index (Phi) is 5.86. The Hall–Kier alpha value is -1.71. The third-order valence-corrected chi connectivity index (χ3v) is 4.81. The Balaban J connectivity index is 0.000000956. The van der Waals surface area contributed by atoms with Gasteiger partial charge in [-0.1, -0.05) is 13.8 Å². The summed E-state index contributed by atoms with van der Waals surface area (Å²) in [6.45, 7) is 4.47. The van der Waals surface area contributed by atoms with Gasteiger partial charge in [0.2, 0.25) is 10.0 Å². The summed E-state index contributed by atoms with van der Waals surface area (Å²) in [5.41, 5.74) is 0.419. The summed E-state index contributed by atoms with van der Waals surface area (Å²) in [7, 11) is -3.54. The van der Waals surface area contributed by atoms with Crippen molar-refractivity contribution in [1.29, 1.82) is 5.26 Å². The first kappa shape index (κ1) is 16.3. The molecule has 1 heterocycles. The van der Waals surface area contributed by atoms with Gasteiger partial charge in [0, 0.05) is 25.9 Å². The van der Waals surface area contributed by atoms with Crippen molar-refractivity contribution in [2.75, 3.05) is 13.1 Å². The molecule has 2 rings (SSSR count). The molecule has 20 heavy (non-hydrogen) atoms. The largest absolute Gasteiger partial charge is 0.300 e. The number of carbonyl (C=O) groups is 1. The minimum Gasteiger partial charge on any atom is -0.300 e. The van der Waals surface area contributed by atoms with E-state index in [-0.39, 0.29) is 36.6 Å². The molecule has 0 atom stereocenters. The van der Waals surface area contributed by atoms with Gasteiger partial charge in [-0.3, -0.25) is 4.79 Å². The van der Waals surface area contributed by atoms with E-state index in [1.807, 2.05) is 19.9 Å². The smallest absolute Gasteiger partial charge is 0.243 e. The number of sulfonamides is 1. The van der Waals surface area contributed by atoms with Crippen LogP contribution in [0.2, 0.25) is 0 Å². The molecular weight excluding hydrogens is 276 g/mol. The number of ketones is 1. The van der Waals surface area contributed by atoms with Crippen LogP contribution in [0.4, 0.5) is 0 Å². The molecular formula is C14H18N2O3S. The standard InChI is InChI=1S/C12H12N2O3S.C2H6/c13-9-10-1-3-12(4-2-10)18(16,17)14-7-5-11(15)6-8-14;1-2/h1-4H,5-8H2;1-2H3. The van der Waals surface area contributed by atoms with E-state index >= 15 is 0 Å². The number of hydrogen-bond acceptors (Lipinski definition) is 4. The molecule has 0 unspecified atom stereocenters. The molecule has 5 nitrogen and oxygen atoms in total. The van der Waals surface area contributed by atoms with Crippen LogP contribution in [0.5, 0.6) is 0 Å². The maximum atomic E-state index is 12.2. The SMILES string of the molecule is CC.N#Cc1ccc(S(=O)(=O)N2CCC(=O)CC2)cc1. The molecule has 1 aromatic carbocycles. The van der Waals surface area contributed by atoms with Gasteiger partial charge in [0.05, 0.1) is 16.5 Å². The number of Topliss-reactive ketones (excluding diaryl/α,β-unsaturated/α-hetero) is 1. The average Bonchev–Trinajstić information content (AvgIpc) is 2.50. The second-order valence-corrected chi connectivity index (χ2v) is 6.02. The minimum absolute atomic E-state index is 0.0984. The molecule has 1 aliphatic heterocycles. The summed E-state index contributed by atoms with van der Waals surface area (Å²) in [4.78, 5) is 11.3. The zero-order valence-corrected chi connectivity index (χ0v) is 12.5. The lowest BCUT2D eigenvalue weighted by Crippen LogP contribution is -2.38. The molecule has 0 aliphatic carbocycles. The van der Waals surface area contributed by atoms with Gasteiger partial charge in [-0.05, 0) is 24.3 Å². The predicted molar refractivity (Wildman–Crippen MR) is 75.5 cm³/mol. The van der Waals surface area contributed by atoms with E-state index in [0.717, 1.165) is 0 Å². The van der Waals surface area contributed by atoms with Gasteiger partial charge < -0.3 is 0 Å². The molecule has 0 radical (unpaired) electrons. The fourth-order valence-electron chi connectivity index (χ4n) is 1.83. The van der Waals surface area contributed by atoms with Crippen LogP contribution in [-0.2, 0) is 14.8 Å². The van der Waals surface area contributed by atoms with Gasteiger partial charge in [0.15, 0.2) is 0 Å². The lowest BCUT2D eigenvalue weighted by atomic mass is 10.1. The van der Waals surface area contributed by atoms with E-state index in [4.69, 9.17) is 5.26 Å². The molecule has 0 N–H and O–H groups in total. The second-order valence-electron chi connectivity index (χ2n) is 4.08. The van der Waals surface area contributed by atoms with Crippen LogP contribution < -0.4 is 0 Å². The van der Waals surface area contributed by atoms with E-state index in [1.165, 1.54) is 28.6 Å². The summed E-state index contributed by atoms with van der Waals surface area (Å²) in [6, 6.07) is 7.73. The third-order valence-electron chi connectivity index (χ3n) is 2.90. The minimum atomic E-state index is -3.54. The van der Waals surface area contributed by atoms with Crippen molar-refractivity contribution in [3.63, 3.8) is 0 Å². The second kappa shape index (κ2) is 7.17. The van der Waals surface area contributed by atoms with Crippen molar-refractivity contribution < 1.29 is 13.2 Å². The summed E-state index contributed by atoms with van der Waals surface area (Å²) in [5.74, 6) is 0.0984. The first-order valence-corrected chi connectivity index (χ1v) is 8.00. The summed E-state index contributed by atoms with van der Waals surface area (Å²) in [6.07, 6.45) is 0.547. The van der Waals surface area contributed by atoms with Gasteiger partial charge >= 0.3 is 0 Å². The highest BCUT2D eigenvalue weighted by molar-refractivity contribution is 7.89. The monoisotopic (exact) mass is 294 g/mol. The average molecular weight is 294 g/mol. The molecule has 0 bridgehead atoms. The van der Waals surface area contributed by atoms with Gasteiger partial charge in [-0.2, -0.15) is 9.57 Å². The maximum Gasteiger partial charge on any atom is 0.243 e. The molecule has 0 saturated carbocycles. The van der Waals surface area contributed by atoms with Gasteiger partial charge in [-0.25, -0.2) is 8.42 Å². The van der Waals surface area contributed by atoms with Crippen LogP contribution in [0.25, 0.3) is 0 Å². The number of rotatable bonds is 2. The summed E-state index contributed by atoms with van der Waals surface area (Å²) in [5, 5.41) is 8.66. The number of carbonyl (C=O) groups excluding carboxylic acids is 1. The fourth-order valence-corrected chi connectivity index (χ4v) is 3.27. The van der Waals surface area contributed by atoms with E-state index in [9.17, 15) is 13.2 Å². The number of hydrogen-bond donors (Lipinski definition) is 0. The molecule has 1 aliphatic rings. The Morgan fingerprint density at radius 2 is 1.60 bits per heavy atom. The molecule has 108 valence electrons. The number of nitrogens with zero attached hydrogens (tertiary/aromatic N) is 2. The Morgan fingerprint density at radius 3 is 2.05 bits per heavy atom. The van der Waals surface area contributed by atoms with Crippen LogP contribution in [0.15, 0.2) is 29.2 Å². The van der Waals surface area contributed by atoms with Crippen molar-refractivity contribution in [3.8, 4) is 6.07 Å². The van der Waals surface area contributed by atoms with Crippen molar-refractivity contribution >= 4 is 15.8 Å². The predicted octanol–water partition coefficient (Wildman–Crippen LogP) is 1.94. The lowest BCUT2D eigenvalue weighted by Gasteiger charge is -2.25. The van der Waals surface area contributed by atoms with Gasteiger partial charge in [0.1, 0.15) is 5.78 Å². The fraction of sp³-hybridized carbons (Fsp3) is 0.429. The first-order chi connectivity index (χ1) is 9.54. The Labute approximate surface area is 119 Å². The van der Waals surface area contributed by atoms with Crippen LogP contribution in [0.3, 0.4) is 0 Å². The Morgan fingerprint density at radius 1 is 1.10 bits per heavy atom. The van der Waals surface area contributed by atoms with Crippen LogP contribution in [-0.4, -0.2) is 31.6 Å². The maximum absolute atomic E-state index is 12.2. The number of piperidine rings is 1. The van der Waals surface area contributed by atoms with Crippen molar-refractivity contribution in [3.05, 3.63) is 29.8 Å². The highest BCUT2D eigenvalue weighted by Crippen LogP contribution is 2.19. The zero-order valence-electron chi connectivity index (χ0n) is 11.7. The highest BCUT2D eigenvalue weighted by atomic mass is 32.2. The summed E-state index contributed by atoms with van der Waals surface area (Å²) >= 11 is 0. The first-order valence-electron chi connectivity index (χ1n) is 6.56. The molecule has 1 aromatic rings. The van der Waals surface area contributed by atoms with E-state index < -0.39 is 10.0 Å². The quantitative estimate of drug-likeness (QED) is 0.835. The van der Waals surface area contributed by atoms with Crippen LogP contribution in [0, 0.1) is 11.3 Å². The van der Waals surface area contributed by atoms with Gasteiger partial charge in [0.25, 0.3) is 0 Å². The van der Waals surface area contributed by atoms with Crippen molar-refractivity contribution in [1.82, 2.24) is 4.31 Å². The zero-order chi connectivity index (χ0) is 15.2. The summed E-state index contributed by atoms with van der Waals surface area (Å²) < 4.78 is 25.8. The van der Waals surface area contributed by atoms with E-state index in [0.29, 0.717) is 5.56 Å². The number of nitriles is 1. The van der Waals surface area contributed by atoms with Gasteiger partial charge in [-0.15, -0.1) is 0 Å². The molecule has 0 aromatic heterocycles. The highest BCUT2D eigenvalue weighted by Gasteiger charge is 2.28. The van der Waals surface area contributed by atoms with Crippen molar-refractivity contribution in [2.45, 2.75) is 31.6 Å². The topological polar surface area (TPSA) is 78.2 Å². The Bertz CT molecular complexity index is 590.